The molecule has 0 atom stereocenters. The third-order valence-corrected chi connectivity index (χ3v) is 2.18. The zero-order valence-corrected chi connectivity index (χ0v) is 8.05. The average molecular weight is 205 g/mol. The minimum atomic E-state index is -0.134. The molecule has 15 heavy (non-hydrogen) atoms. The maximum absolute atomic E-state index is 11.8. The molecule has 0 saturated carbocycles. The minimum absolute atomic E-state index is 0.103. The molecule has 5 heteroatoms. The Bertz CT molecular complexity index is 548. The lowest BCUT2D eigenvalue weighted by Crippen LogP contribution is -2.24. The second-order valence-electron chi connectivity index (χ2n) is 3.23. The average Bonchev–Trinajstić information content (AvgIpc) is 2.22. The molecule has 0 radical (unpaired) electrons. The number of hydrogen-bond acceptors (Lipinski definition) is 4. The van der Waals surface area contributed by atoms with Crippen molar-refractivity contribution < 1.29 is 5.11 Å². The summed E-state index contributed by atoms with van der Waals surface area (Å²) in [6.07, 6.45) is 1.44. The quantitative estimate of drug-likeness (QED) is 0.726. The second-order valence-corrected chi connectivity index (χ2v) is 3.23. The maximum Gasteiger partial charge on any atom is 0.261 e. The second kappa shape index (κ2) is 3.70. The molecular formula is C10H11N3O2. The van der Waals surface area contributed by atoms with Crippen LogP contribution in [0.25, 0.3) is 10.9 Å². The van der Waals surface area contributed by atoms with Crippen LogP contribution >= 0.6 is 0 Å². The Morgan fingerprint density at radius 2 is 2.27 bits per heavy atom. The van der Waals surface area contributed by atoms with E-state index in [1.165, 1.54) is 23.0 Å². The highest BCUT2D eigenvalue weighted by molar-refractivity contribution is 5.78. The molecule has 78 valence electrons. The molecule has 1 aromatic carbocycles. The Balaban J connectivity index is 2.69. The lowest BCUT2D eigenvalue weighted by Gasteiger charge is -2.04. The van der Waals surface area contributed by atoms with Gasteiger partial charge in [-0.05, 0) is 12.1 Å². The molecular weight excluding hydrogens is 194 g/mol. The van der Waals surface area contributed by atoms with Gasteiger partial charge in [0.05, 0.1) is 17.2 Å². The van der Waals surface area contributed by atoms with Crippen molar-refractivity contribution in [2.45, 2.75) is 6.54 Å². The first-order valence-corrected chi connectivity index (χ1v) is 4.60. The lowest BCUT2D eigenvalue weighted by atomic mass is 10.2. The largest absolute Gasteiger partial charge is 0.508 e. The van der Waals surface area contributed by atoms with Gasteiger partial charge in [0.25, 0.3) is 5.56 Å². The predicted molar refractivity (Wildman–Crippen MR) is 56.7 cm³/mol. The molecule has 3 N–H and O–H groups in total. The highest BCUT2D eigenvalue weighted by Gasteiger charge is 2.03. The van der Waals surface area contributed by atoms with Crippen molar-refractivity contribution >= 4 is 10.9 Å². The number of phenols is 1. The van der Waals surface area contributed by atoms with E-state index >= 15 is 0 Å². The lowest BCUT2D eigenvalue weighted by molar-refractivity contribution is 0.476. The van der Waals surface area contributed by atoms with E-state index in [0.717, 1.165) is 0 Å². The van der Waals surface area contributed by atoms with E-state index in [-0.39, 0.29) is 11.3 Å². The molecule has 0 aliphatic heterocycles. The maximum atomic E-state index is 11.8. The van der Waals surface area contributed by atoms with E-state index in [0.29, 0.717) is 24.0 Å². The molecule has 2 aromatic rings. The van der Waals surface area contributed by atoms with Crippen molar-refractivity contribution in [1.29, 1.82) is 0 Å². The van der Waals surface area contributed by atoms with Crippen LogP contribution in [-0.4, -0.2) is 21.2 Å². The van der Waals surface area contributed by atoms with Crippen LogP contribution in [-0.2, 0) is 6.54 Å². The summed E-state index contributed by atoms with van der Waals surface area (Å²) >= 11 is 0. The number of benzene rings is 1. The molecule has 0 unspecified atom stereocenters. The van der Waals surface area contributed by atoms with Gasteiger partial charge in [-0.25, -0.2) is 4.98 Å². The van der Waals surface area contributed by atoms with E-state index in [2.05, 4.69) is 4.98 Å². The van der Waals surface area contributed by atoms with Crippen LogP contribution in [0.2, 0.25) is 0 Å². The topological polar surface area (TPSA) is 81.1 Å². The van der Waals surface area contributed by atoms with Gasteiger partial charge in [0.1, 0.15) is 5.75 Å². The van der Waals surface area contributed by atoms with Crippen LogP contribution in [0.3, 0.4) is 0 Å². The zero-order chi connectivity index (χ0) is 10.8. The summed E-state index contributed by atoms with van der Waals surface area (Å²) in [5.41, 5.74) is 5.73. The highest BCUT2D eigenvalue weighted by atomic mass is 16.3. The first-order valence-electron chi connectivity index (χ1n) is 4.60. The number of aromatic nitrogens is 2. The van der Waals surface area contributed by atoms with Gasteiger partial charge in [0.15, 0.2) is 0 Å². The monoisotopic (exact) mass is 205 g/mol. The third-order valence-electron chi connectivity index (χ3n) is 2.18. The van der Waals surface area contributed by atoms with Crippen LogP contribution in [0.15, 0.2) is 29.3 Å². The van der Waals surface area contributed by atoms with Crippen LogP contribution in [0.1, 0.15) is 0 Å². The first kappa shape index (κ1) is 9.67. The van der Waals surface area contributed by atoms with Gasteiger partial charge in [0.2, 0.25) is 0 Å². The molecule has 0 saturated heterocycles. The molecule has 0 aliphatic rings. The molecule has 0 fully saturated rings. The molecule has 0 amide bonds. The van der Waals surface area contributed by atoms with Crippen LogP contribution in [0.5, 0.6) is 5.75 Å². The van der Waals surface area contributed by atoms with Crippen LogP contribution in [0, 0.1) is 0 Å². The van der Waals surface area contributed by atoms with Crippen LogP contribution < -0.4 is 11.3 Å². The Kier molecular flexibility index (Phi) is 2.39. The van der Waals surface area contributed by atoms with Gasteiger partial charge in [-0.2, -0.15) is 0 Å². The van der Waals surface area contributed by atoms with Crippen molar-refractivity contribution in [2.24, 2.45) is 5.73 Å². The van der Waals surface area contributed by atoms with Crippen molar-refractivity contribution in [2.75, 3.05) is 6.54 Å². The van der Waals surface area contributed by atoms with Gasteiger partial charge in [-0.1, -0.05) is 0 Å². The SMILES string of the molecule is NCCn1cnc2cc(O)ccc2c1=O. The van der Waals surface area contributed by atoms with Gasteiger partial charge in [-0.3, -0.25) is 9.36 Å². The number of rotatable bonds is 2. The minimum Gasteiger partial charge on any atom is -0.508 e. The van der Waals surface area contributed by atoms with E-state index in [4.69, 9.17) is 5.73 Å². The first-order chi connectivity index (χ1) is 7.22. The molecule has 0 aliphatic carbocycles. The summed E-state index contributed by atoms with van der Waals surface area (Å²) < 4.78 is 1.46. The normalized spacial score (nSPS) is 10.7. The van der Waals surface area contributed by atoms with Gasteiger partial charge >= 0.3 is 0 Å². The van der Waals surface area contributed by atoms with Crippen molar-refractivity contribution in [3.05, 3.63) is 34.9 Å². The standard InChI is InChI=1S/C10H11N3O2/c11-3-4-13-6-12-9-5-7(14)1-2-8(9)10(13)15/h1-2,5-6,14H,3-4,11H2. The molecule has 0 spiro atoms. The number of nitrogens with zero attached hydrogens (tertiary/aromatic N) is 2. The molecule has 2 rings (SSSR count). The fourth-order valence-corrected chi connectivity index (χ4v) is 1.45. The van der Waals surface area contributed by atoms with Gasteiger partial charge < -0.3 is 10.8 Å². The highest BCUT2D eigenvalue weighted by Crippen LogP contribution is 2.14. The van der Waals surface area contributed by atoms with E-state index in [1.54, 1.807) is 6.07 Å². The summed E-state index contributed by atoms with van der Waals surface area (Å²) in [6, 6.07) is 4.49. The summed E-state index contributed by atoms with van der Waals surface area (Å²) in [4.78, 5) is 15.9. The summed E-state index contributed by atoms with van der Waals surface area (Å²) in [7, 11) is 0. The van der Waals surface area contributed by atoms with Gasteiger partial charge in [0, 0.05) is 19.2 Å². The van der Waals surface area contributed by atoms with E-state index in [9.17, 15) is 9.90 Å². The fraction of sp³-hybridized carbons (Fsp3) is 0.200. The summed E-state index contributed by atoms with van der Waals surface area (Å²) in [6.45, 7) is 0.841. The molecule has 1 aromatic heterocycles. The Labute approximate surface area is 85.8 Å². The summed E-state index contributed by atoms with van der Waals surface area (Å²) in [5, 5.41) is 9.71. The smallest absolute Gasteiger partial charge is 0.261 e. The molecule has 1 heterocycles. The van der Waals surface area contributed by atoms with Crippen molar-refractivity contribution in [1.82, 2.24) is 9.55 Å². The molecule has 0 bridgehead atoms. The van der Waals surface area contributed by atoms with E-state index in [1.807, 2.05) is 0 Å². The number of hydrogen-bond donors (Lipinski definition) is 2. The predicted octanol–water partition coefficient (Wildman–Crippen LogP) is 0.0608. The number of nitrogens with two attached hydrogens (primary N) is 1. The zero-order valence-electron chi connectivity index (χ0n) is 8.05. The van der Waals surface area contributed by atoms with Crippen molar-refractivity contribution in [3.8, 4) is 5.75 Å². The Hall–Kier alpha value is -1.88. The fourth-order valence-electron chi connectivity index (χ4n) is 1.45. The van der Waals surface area contributed by atoms with Gasteiger partial charge in [-0.15, -0.1) is 0 Å². The van der Waals surface area contributed by atoms with Crippen LogP contribution in [0.4, 0.5) is 0 Å². The Morgan fingerprint density at radius 1 is 1.47 bits per heavy atom. The van der Waals surface area contributed by atoms with E-state index < -0.39 is 0 Å². The number of aromatic hydroxyl groups is 1. The third kappa shape index (κ3) is 1.69. The summed E-state index contributed by atoms with van der Waals surface area (Å²) in [5.74, 6) is 0.103. The van der Waals surface area contributed by atoms with Crippen molar-refractivity contribution in [3.63, 3.8) is 0 Å². The number of fused-ring (bicyclic) bond motifs is 1. The Morgan fingerprint density at radius 3 is 3.00 bits per heavy atom. The number of phenolic OH excluding ortho intramolecular Hbond substituents is 1. The molecule has 5 nitrogen and oxygen atoms in total.